The first-order valence-corrected chi connectivity index (χ1v) is 7.53. The third kappa shape index (κ3) is 2.56. The second-order valence-corrected chi connectivity index (χ2v) is 6.66. The maximum atomic E-state index is 5.56. The van der Waals surface area contributed by atoms with Crippen LogP contribution in [0.2, 0.25) is 0 Å². The van der Waals surface area contributed by atoms with Gasteiger partial charge in [0.15, 0.2) is 0 Å². The zero-order valence-corrected chi connectivity index (χ0v) is 12.3. The van der Waals surface area contributed by atoms with Crippen LogP contribution in [-0.4, -0.2) is 25.8 Å². The van der Waals surface area contributed by atoms with E-state index in [2.05, 4.69) is 44.3 Å². The molecule has 2 nitrogen and oxygen atoms in total. The van der Waals surface area contributed by atoms with Crippen molar-refractivity contribution in [2.24, 2.45) is 0 Å². The van der Waals surface area contributed by atoms with Crippen molar-refractivity contribution in [3.8, 4) is 0 Å². The molecule has 0 bridgehead atoms. The molecule has 1 saturated carbocycles. The van der Waals surface area contributed by atoms with Crippen LogP contribution in [0.1, 0.15) is 49.3 Å². The summed E-state index contributed by atoms with van der Waals surface area (Å²) in [6, 6.07) is 7.73. The molecular weight excluding hydrogens is 234 g/mol. The number of rotatable bonds is 5. The zero-order chi connectivity index (χ0) is 13.5. The molecular formula is C17H25NO. The summed E-state index contributed by atoms with van der Waals surface area (Å²) < 4.78 is 5.56. The summed E-state index contributed by atoms with van der Waals surface area (Å²) in [4.78, 5) is 0. The lowest BCUT2D eigenvalue weighted by Gasteiger charge is -2.43. The van der Waals surface area contributed by atoms with Gasteiger partial charge in [0.05, 0.1) is 18.6 Å². The summed E-state index contributed by atoms with van der Waals surface area (Å²) in [6.07, 6.45) is 2.70. The number of benzene rings is 1. The number of hydrogen-bond donors (Lipinski definition) is 1. The molecule has 0 atom stereocenters. The number of aryl methyl sites for hydroxylation is 1. The quantitative estimate of drug-likeness (QED) is 0.877. The molecule has 1 saturated heterocycles. The minimum Gasteiger partial charge on any atom is -0.379 e. The van der Waals surface area contributed by atoms with Crippen molar-refractivity contribution in [3.05, 3.63) is 34.9 Å². The molecule has 0 unspecified atom stereocenters. The smallest absolute Gasteiger partial charge is 0.0598 e. The summed E-state index contributed by atoms with van der Waals surface area (Å²) in [6.45, 7) is 9.57. The molecule has 1 aromatic rings. The molecule has 1 heterocycles. The topological polar surface area (TPSA) is 21.3 Å². The Morgan fingerprint density at radius 3 is 2.58 bits per heavy atom. The van der Waals surface area contributed by atoms with Gasteiger partial charge in [-0.05, 0) is 42.4 Å². The number of hydrogen-bond acceptors (Lipinski definition) is 2. The molecule has 1 aliphatic carbocycles. The minimum atomic E-state index is 0.220. The fraction of sp³-hybridized carbons (Fsp3) is 0.647. The molecule has 0 aromatic heterocycles. The van der Waals surface area contributed by atoms with Gasteiger partial charge in [-0.25, -0.2) is 0 Å². The van der Waals surface area contributed by atoms with Crippen molar-refractivity contribution < 1.29 is 4.74 Å². The van der Waals surface area contributed by atoms with Gasteiger partial charge in [0.25, 0.3) is 0 Å². The van der Waals surface area contributed by atoms with Gasteiger partial charge in [-0.1, -0.05) is 32.0 Å². The van der Waals surface area contributed by atoms with Gasteiger partial charge in [0.2, 0.25) is 0 Å². The molecule has 1 N–H and O–H groups in total. The van der Waals surface area contributed by atoms with Gasteiger partial charge in [-0.2, -0.15) is 0 Å². The molecule has 1 aliphatic heterocycles. The highest BCUT2D eigenvalue weighted by Crippen LogP contribution is 2.36. The number of nitrogens with one attached hydrogen (secondary N) is 1. The highest BCUT2D eigenvalue weighted by atomic mass is 16.5. The van der Waals surface area contributed by atoms with E-state index in [1.54, 1.807) is 0 Å². The lowest BCUT2D eigenvalue weighted by molar-refractivity contribution is -0.0595. The Bertz CT molecular complexity index is 458. The lowest BCUT2D eigenvalue weighted by Crippen LogP contribution is -2.54. The van der Waals surface area contributed by atoms with E-state index in [1.807, 2.05) is 0 Å². The summed E-state index contributed by atoms with van der Waals surface area (Å²) in [5.41, 5.74) is 4.57. The molecule has 2 fully saturated rings. The summed E-state index contributed by atoms with van der Waals surface area (Å²) in [5, 5.41) is 3.69. The van der Waals surface area contributed by atoms with Crippen molar-refractivity contribution in [2.45, 2.75) is 51.0 Å². The first-order valence-electron chi connectivity index (χ1n) is 7.53. The van der Waals surface area contributed by atoms with Crippen LogP contribution >= 0.6 is 0 Å². The monoisotopic (exact) mass is 259 g/mol. The van der Waals surface area contributed by atoms with E-state index in [1.165, 1.54) is 29.5 Å². The molecule has 3 rings (SSSR count). The van der Waals surface area contributed by atoms with E-state index < -0.39 is 0 Å². The Labute approximate surface area is 116 Å². The molecule has 19 heavy (non-hydrogen) atoms. The van der Waals surface area contributed by atoms with Gasteiger partial charge in [-0.15, -0.1) is 0 Å². The van der Waals surface area contributed by atoms with Crippen molar-refractivity contribution in [1.29, 1.82) is 0 Å². The average Bonchev–Trinajstić information content (AvgIpc) is 3.13. The Hall–Kier alpha value is -0.860. The van der Waals surface area contributed by atoms with Gasteiger partial charge in [0.1, 0.15) is 0 Å². The second-order valence-electron chi connectivity index (χ2n) is 6.66. The standard InChI is InChI=1S/C17H25NO/c1-12(2)14-5-4-13(3)16(8-14)17(10-19-11-17)9-18-15-6-7-15/h4-5,8,12,15,18H,6-7,9-11H2,1-3H3. The molecule has 2 heteroatoms. The van der Waals surface area contributed by atoms with Crippen LogP contribution < -0.4 is 5.32 Å². The molecule has 104 valence electrons. The first kappa shape index (κ1) is 13.1. The first-order chi connectivity index (χ1) is 9.11. The maximum Gasteiger partial charge on any atom is 0.0598 e. The van der Waals surface area contributed by atoms with Crippen LogP contribution in [0.3, 0.4) is 0 Å². The van der Waals surface area contributed by atoms with Gasteiger partial charge in [0, 0.05) is 12.6 Å². The van der Waals surface area contributed by atoms with Crippen LogP contribution in [0.25, 0.3) is 0 Å². The molecule has 0 radical (unpaired) electrons. The Kier molecular flexibility index (Phi) is 3.40. The largest absolute Gasteiger partial charge is 0.379 e. The van der Waals surface area contributed by atoms with E-state index in [4.69, 9.17) is 4.74 Å². The van der Waals surface area contributed by atoms with Crippen LogP contribution in [0.15, 0.2) is 18.2 Å². The second kappa shape index (κ2) is 4.92. The van der Waals surface area contributed by atoms with E-state index in [0.29, 0.717) is 5.92 Å². The fourth-order valence-electron chi connectivity index (χ4n) is 2.90. The van der Waals surface area contributed by atoms with Crippen LogP contribution in [0.5, 0.6) is 0 Å². The SMILES string of the molecule is Cc1ccc(C(C)C)cc1C1(CNC2CC2)COC1. The van der Waals surface area contributed by atoms with Crippen LogP contribution in [0, 0.1) is 6.92 Å². The van der Waals surface area contributed by atoms with Crippen LogP contribution in [-0.2, 0) is 10.2 Å². The van der Waals surface area contributed by atoms with Gasteiger partial charge >= 0.3 is 0 Å². The van der Waals surface area contributed by atoms with Crippen molar-refractivity contribution in [1.82, 2.24) is 5.32 Å². The van der Waals surface area contributed by atoms with E-state index >= 15 is 0 Å². The molecule has 0 spiro atoms. The van der Waals surface area contributed by atoms with Crippen molar-refractivity contribution in [2.75, 3.05) is 19.8 Å². The highest BCUT2D eigenvalue weighted by molar-refractivity contribution is 5.40. The molecule has 2 aliphatic rings. The Morgan fingerprint density at radius 1 is 1.32 bits per heavy atom. The van der Waals surface area contributed by atoms with Crippen molar-refractivity contribution >= 4 is 0 Å². The van der Waals surface area contributed by atoms with E-state index in [9.17, 15) is 0 Å². The predicted molar refractivity (Wildman–Crippen MR) is 78.8 cm³/mol. The van der Waals surface area contributed by atoms with Crippen molar-refractivity contribution in [3.63, 3.8) is 0 Å². The van der Waals surface area contributed by atoms with E-state index in [-0.39, 0.29) is 5.41 Å². The summed E-state index contributed by atoms with van der Waals surface area (Å²) >= 11 is 0. The summed E-state index contributed by atoms with van der Waals surface area (Å²) in [7, 11) is 0. The Balaban J connectivity index is 1.86. The Morgan fingerprint density at radius 2 is 2.05 bits per heavy atom. The molecule has 1 aromatic carbocycles. The van der Waals surface area contributed by atoms with Gasteiger partial charge < -0.3 is 10.1 Å². The third-order valence-corrected chi connectivity index (χ3v) is 4.56. The van der Waals surface area contributed by atoms with Crippen LogP contribution in [0.4, 0.5) is 0 Å². The summed E-state index contributed by atoms with van der Waals surface area (Å²) in [5.74, 6) is 0.591. The van der Waals surface area contributed by atoms with E-state index in [0.717, 1.165) is 25.8 Å². The van der Waals surface area contributed by atoms with Gasteiger partial charge in [-0.3, -0.25) is 0 Å². The predicted octanol–water partition coefficient (Wildman–Crippen LogP) is 3.14. The zero-order valence-electron chi connectivity index (χ0n) is 12.3. The minimum absolute atomic E-state index is 0.220. The highest BCUT2D eigenvalue weighted by Gasteiger charge is 2.42. The maximum absolute atomic E-state index is 5.56. The lowest BCUT2D eigenvalue weighted by atomic mass is 9.75. The fourth-order valence-corrected chi connectivity index (χ4v) is 2.90. The third-order valence-electron chi connectivity index (χ3n) is 4.56. The normalized spacial score (nSPS) is 21.5. The number of ether oxygens (including phenoxy) is 1. The molecule has 0 amide bonds. The average molecular weight is 259 g/mol.